The van der Waals surface area contributed by atoms with Crippen LogP contribution in [0.5, 0.6) is 5.75 Å². The molecule has 4 heteroatoms. The predicted octanol–water partition coefficient (Wildman–Crippen LogP) is 4.14. The van der Waals surface area contributed by atoms with Gasteiger partial charge in [-0.05, 0) is 50.6 Å². The van der Waals surface area contributed by atoms with E-state index in [4.69, 9.17) is 9.47 Å². The van der Waals surface area contributed by atoms with Crippen molar-refractivity contribution in [1.29, 1.82) is 0 Å². The summed E-state index contributed by atoms with van der Waals surface area (Å²) in [6.07, 6.45) is -0.466. The Labute approximate surface area is 149 Å². The maximum Gasteiger partial charge on any atom is 0.408 e. The number of amides is 1. The highest BCUT2D eigenvalue weighted by Gasteiger charge is 2.14. The van der Waals surface area contributed by atoms with Gasteiger partial charge in [-0.1, -0.05) is 42.2 Å². The molecule has 25 heavy (non-hydrogen) atoms. The topological polar surface area (TPSA) is 47.6 Å². The summed E-state index contributed by atoms with van der Waals surface area (Å²) in [7, 11) is 0. The molecule has 2 aromatic rings. The quantitative estimate of drug-likeness (QED) is 0.853. The summed E-state index contributed by atoms with van der Waals surface area (Å²) in [5.41, 5.74) is 1.48. The Kier molecular flexibility index (Phi) is 6.47. The SMILES string of the molecule is CC(C)(C)OC(=O)NCC#Cc1ccc(OCc2ccccc2)cc1. The first-order chi connectivity index (χ1) is 11.9. The Morgan fingerprint density at radius 3 is 2.36 bits per heavy atom. The van der Waals surface area contributed by atoms with E-state index in [9.17, 15) is 4.79 Å². The van der Waals surface area contributed by atoms with Crippen LogP contribution in [0.3, 0.4) is 0 Å². The lowest BCUT2D eigenvalue weighted by molar-refractivity contribution is 0.0535. The van der Waals surface area contributed by atoms with Crippen molar-refractivity contribution in [3.05, 3.63) is 65.7 Å². The summed E-state index contributed by atoms with van der Waals surface area (Å²) in [5.74, 6) is 6.67. The largest absolute Gasteiger partial charge is 0.489 e. The molecule has 0 saturated heterocycles. The third-order valence-corrected chi connectivity index (χ3v) is 3.06. The second-order valence-corrected chi connectivity index (χ2v) is 6.46. The average molecular weight is 337 g/mol. The third kappa shape index (κ3) is 7.45. The van der Waals surface area contributed by atoms with Crippen LogP contribution >= 0.6 is 0 Å². The minimum atomic E-state index is -0.507. The molecule has 0 aliphatic rings. The van der Waals surface area contributed by atoms with Crippen molar-refractivity contribution in [3.63, 3.8) is 0 Å². The highest BCUT2D eigenvalue weighted by Crippen LogP contribution is 2.13. The zero-order valence-corrected chi connectivity index (χ0v) is 14.8. The van der Waals surface area contributed by atoms with Crippen LogP contribution in [-0.2, 0) is 11.3 Å². The van der Waals surface area contributed by atoms with Crippen LogP contribution < -0.4 is 10.1 Å². The molecule has 1 amide bonds. The molecule has 1 N–H and O–H groups in total. The summed E-state index contributed by atoms with van der Waals surface area (Å²) in [4.78, 5) is 11.5. The van der Waals surface area contributed by atoms with Crippen molar-refractivity contribution in [2.45, 2.75) is 33.0 Å². The van der Waals surface area contributed by atoms with E-state index in [1.54, 1.807) is 0 Å². The number of hydrogen-bond donors (Lipinski definition) is 1. The summed E-state index contributed by atoms with van der Waals surface area (Å²) in [6.45, 7) is 6.23. The van der Waals surface area contributed by atoms with Gasteiger partial charge in [-0.25, -0.2) is 4.79 Å². The van der Waals surface area contributed by atoms with Crippen LogP contribution in [0.4, 0.5) is 4.79 Å². The van der Waals surface area contributed by atoms with E-state index in [2.05, 4.69) is 17.2 Å². The van der Waals surface area contributed by atoms with E-state index in [0.717, 1.165) is 16.9 Å². The molecular formula is C21H23NO3. The number of hydrogen-bond acceptors (Lipinski definition) is 3. The Morgan fingerprint density at radius 2 is 1.72 bits per heavy atom. The molecule has 0 bridgehead atoms. The second-order valence-electron chi connectivity index (χ2n) is 6.46. The highest BCUT2D eigenvalue weighted by atomic mass is 16.6. The Morgan fingerprint density at radius 1 is 1.04 bits per heavy atom. The molecular weight excluding hydrogens is 314 g/mol. The van der Waals surface area contributed by atoms with Crippen molar-refractivity contribution in [2.75, 3.05) is 6.54 Å². The van der Waals surface area contributed by atoms with Crippen LogP contribution in [0.1, 0.15) is 31.9 Å². The maximum absolute atomic E-state index is 11.5. The van der Waals surface area contributed by atoms with Crippen LogP contribution in [-0.4, -0.2) is 18.2 Å². The number of carbonyl (C=O) groups is 1. The van der Waals surface area contributed by atoms with Gasteiger partial charge in [-0.15, -0.1) is 0 Å². The second kappa shape index (κ2) is 8.79. The van der Waals surface area contributed by atoms with Gasteiger partial charge in [0.05, 0.1) is 6.54 Å². The van der Waals surface area contributed by atoms with Gasteiger partial charge in [-0.3, -0.25) is 0 Å². The number of alkyl carbamates (subject to hydrolysis) is 1. The molecule has 0 unspecified atom stereocenters. The standard InChI is InChI=1S/C21H23NO3/c1-21(2,3)25-20(23)22-15-7-10-17-11-13-19(14-12-17)24-16-18-8-5-4-6-9-18/h4-6,8-9,11-14H,15-16H2,1-3H3,(H,22,23). The van der Waals surface area contributed by atoms with Crippen LogP contribution in [0.2, 0.25) is 0 Å². The molecule has 0 spiro atoms. The molecule has 0 atom stereocenters. The third-order valence-electron chi connectivity index (χ3n) is 3.06. The van der Waals surface area contributed by atoms with E-state index >= 15 is 0 Å². The van der Waals surface area contributed by atoms with Crippen LogP contribution in [0.25, 0.3) is 0 Å². The van der Waals surface area contributed by atoms with Crippen LogP contribution in [0.15, 0.2) is 54.6 Å². The fourth-order valence-electron chi connectivity index (χ4n) is 1.95. The van der Waals surface area contributed by atoms with Gasteiger partial charge >= 0.3 is 6.09 Å². The molecule has 2 rings (SSSR count). The van der Waals surface area contributed by atoms with Crippen molar-refractivity contribution in [1.82, 2.24) is 5.32 Å². The minimum Gasteiger partial charge on any atom is -0.489 e. The van der Waals surface area contributed by atoms with E-state index in [-0.39, 0.29) is 6.54 Å². The van der Waals surface area contributed by atoms with Gasteiger partial charge in [0, 0.05) is 5.56 Å². The number of ether oxygens (including phenoxy) is 2. The first kappa shape index (κ1) is 18.4. The van der Waals surface area contributed by atoms with Gasteiger partial charge in [0.15, 0.2) is 0 Å². The van der Waals surface area contributed by atoms with Crippen LogP contribution in [0, 0.1) is 11.8 Å². The molecule has 0 radical (unpaired) electrons. The molecule has 130 valence electrons. The van der Waals surface area contributed by atoms with E-state index in [1.165, 1.54) is 0 Å². The van der Waals surface area contributed by atoms with Gasteiger partial charge in [0.1, 0.15) is 18.0 Å². The van der Waals surface area contributed by atoms with Gasteiger partial charge < -0.3 is 14.8 Å². The van der Waals surface area contributed by atoms with Gasteiger partial charge in [-0.2, -0.15) is 0 Å². The Bertz CT molecular complexity index is 735. The Hall–Kier alpha value is -2.93. The van der Waals surface area contributed by atoms with Crippen molar-refractivity contribution < 1.29 is 14.3 Å². The summed E-state index contributed by atoms with van der Waals surface area (Å²) in [5, 5.41) is 2.60. The molecule has 0 aromatic heterocycles. The zero-order valence-electron chi connectivity index (χ0n) is 14.8. The van der Waals surface area contributed by atoms with Gasteiger partial charge in [0.25, 0.3) is 0 Å². The predicted molar refractivity (Wildman–Crippen MR) is 98.3 cm³/mol. The van der Waals surface area contributed by atoms with E-state index < -0.39 is 11.7 Å². The first-order valence-electron chi connectivity index (χ1n) is 8.15. The van der Waals surface area contributed by atoms with E-state index in [0.29, 0.717) is 6.61 Å². The summed E-state index contributed by atoms with van der Waals surface area (Å²) in [6, 6.07) is 17.6. The maximum atomic E-state index is 11.5. The number of carbonyl (C=O) groups excluding carboxylic acids is 1. The summed E-state index contributed by atoms with van der Waals surface area (Å²) < 4.78 is 10.9. The molecule has 2 aromatic carbocycles. The first-order valence-corrected chi connectivity index (χ1v) is 8.15. The monoisotopic (exact) mass is 337 g/mol. The molecule has 0 aliphatic heterocycles. The Balaban J connectivity index is 1.78. The molecule has 0 heterocycles. The van der Waals surface area contributed by atoms with E-state index in [1.807, 2.05) is 75.4 Å². The molecule has 0 saturated carbocycles. The lowest BCUT2D eigenvalue weighted by Gasteiger charge is -2.18. The number of benzene rings is 2. The molecule has 0 aliphatic carbocycles. The fourth-order valence-corrected chi connectivity index (χ4v) is 1.95. The number of nitrogens with one attached hydrogen (secondary N) is 1. The van der Waals surface area contributed by atoms with Crippen molar-refractivity contribution in [3.8, 4) is 17.6 Å². The number of rotatable bonds is 4. The lowest BCUT2D eigenvalue weighted by atomic mass is 10.2. The highest BCUT2D eigenvalue weighted by molar-refractivity contribution is 5.68. The fraction of sp³-hybridized carbons (Fsp3) is 0.286. The van der Waals surface area contributed by atoms with Crippen molar-refractivity contribution >= 4 is 6.09 Å². The minimum absolute atomic E-state index is 0.237. The average Bonchev–Trinajstić information content (AvgIpc) is 2.57. The summed E-state index contributed by atoms with van der Waals surface area (Å²) >= 11 is 0. The molecule has 4 nitrogen and oxygen atoms in total. The van der Waals surface area contributed by atoms with Gasteiger partial charge in [0.2, 0.25) is 0 Å². The molecule has 0 fully saturated rings. The lowest BCUT2D eigenvalue weighted by Crippen LogP contribution is -2.32. The smallest absolute Gasteiger partial charge is 0.408 e. The normalized spacial score (nSPS) is 10.4. The van der Waals surface area contributed by atoms with Crippen molar-refractivity contribution in [2.24, 2.45) is 0 Å². The zero-order chi connectivity index (χ0) is 18.1.